The Hall–Kier alpha value is -4.73. The average molecular weight is 667 g/mol. The number of carbonyl (C=O) groups excluding carboxylic acids is 1. The molecule has 1 aliphatic heterocycles. The molecule has 0 saturated heterocycles. The first-order valence-electron chi connectivity index (χ1n) is 14.2. The van der Waals surface area contributed by atoms with Gasteiger partial charge in [-0.3, -0.25) is 10.00 Å². The predicted octanol–water partition coefficient (Wildman–Crippen LogP) is 7.86. The van der Waals surface area contributed by atoms with Crippen molar-refractivity contribution < 1.29 is 45.0 Å². The lowest BCUT2D eigenvalue weighted by molar-refractivity contribution is -0.292. The highest BCUT2D eigenvalue weighted by atomic mass is 19.4. The van der Waals surface area contributed by atoms with E-state index in [1.54, 1.807) is 0 Å². The number of ether oxygens (including phenoxy) is 2. The summed E-state index contributed by atoms with van der Waals surface area (Å²) in [4.78, 5) is 16.9. The van der Waals surface area contributed by atoms with E-state index in [0.29, 0.717) is 11.6 Å². The number of nitrogens with zero attached hydrogens (tertiary/aromatic N) is 5. The van der Waals surface area contributed by atoms with Crippen LogP contribution >= 0.6 is 0 Å². The summed E-state index contributed by atoms with van der Waals surface area (Å²) in [5, 5.41) is 13.8. The first-order chi connectivity index (χ1) is 21.9. The van der Waals surface area contributed by atoms with Crippen molar-refractivity contribution in [2.45, 2.75) is 63.6 Å². The van der Waals surface area contributed by atoms with E-state index in [-0.39, 0.29) is 24.1 Å². The Morgan fingerprint density at radius 1 is 1.11 bits per heavy atom. The van der Waals surface area contributed by atoms with Crippen molar-refractivity contribution in [1.82, 2.24) is 25.0 Å². The van der Waals surface area contributed by atoms with Crippen LogP contribution < -0.4 is 5.32 Å². The second kappa shape index (κ2) is 13.2. The Balaban J connectivity index is 2.02. The molecule has 1 amide bonds. The van der Waals surface area contributed by atoms with Crippen molar-refractivity contribution in [1.29, 1.82) is 0 Å². The van der Waals surface area contributed by atoms with Crippen LogP contribution in [-0.2, 0) is 34.7 Å². The highest BCUT2D eigenvalue weighted by Gasteiger charge is 2.61. The predicted molar refractivity (Wildman–Crippen MR) is 159 cm³/mol. The standard InChI is InChI=1S/C31H32F6N6O4/c1-7-12-18(8-2)17-45-29(31(35,36)37)14-11-9-10-13-19-16-43(6)42-22(19)23-20(30(32,33)34)15-21(38-27(44)47-28(3,4)5)24(39-23)25-40-41-26(29)46-25/h7-10,12,15-16H,1-2,11,13-14,17H2,3-6H3,(H,38,44)/b10-9-,18-12+. The van der Waals surface area contributed by atoms with Gasteiger partial charge in [-0.05, 0) is 51.7 Å². The Labute approximate surface area is 265 Å². The van der Waals surface area contributed by atoms with Crippen LogP contribution in [0.1, 0.15) is 50.6 Å². The second-order valence-electron chi connectivity index (χ2n) is 11.5. The molecular weight excluding hydrogens is 634 g/mol. The number of carbonyl (C=O) groups is 1. The van der Waals surface area contributed by atoms with Crippen molar-refractivity contribution in [2.24, 2.45) is 7.05 Å². The molecule has 0 fully saturated rings. The van der Waals surface area contributed by atoms with Crippen LogP contribution in [0.5, 0.6) is 0 Å². The number of alkyl halides is 6. The Morgan fingerprint density at radius 3 is 2.45 bits per heavy atom. The van der Waals surface area contributed by atoms with E-state index in [1.807, 2.05) is 0 Å². The maximum Gasteiger partial charge on any atom is 0.426 e. The number of anilines is 1. The number of allylic oxidation sites excluding steroid dienone is 4. The first kappa shape index (κ1) is 35.1. The van der Waals surface area contributed by atoms with E-state index in [4.69, 9.17) is 13.9 Å². The molecule has 1 unspecified atom stereocenters. The molecule has 3 aromatic heterocycles. The summed E-state index contributed by atoms with van der Waals surface area (Å²) in [6.45, 7) is 11.1. The zero-order valence-corrected chi connectivity index (χ0v) is 25.9. The number of hydrogen-bond donors (Lipinski definition) is 1. The van der Waals surface area contributed by atoms with Gasteiger partial charge in [0.05, 0.1) is 17.9 Å². The maximum absolute atomic E-state index is 15.0. The van der Waals surface area contributed by atoms with Crippen LogP contribution in [0.3, 0.4) is 0 Å². The van der Waals surface area contributed by atoms with Gasteiger partial charge in [-0.1, -0.05) is 43.5 Å². The van der Waals surface area contributed by atoms with Crippen molar-refractivity contribution >= 4 is 11.8 Å². The number of hydrogen-bond acceptors (Lipinski definition) is 8. The van der Waals surface area contributed by atoms with E-state index in [9.17, 15) is 18.0 Å². The fourth-order valence-corrected chi connectivity index (χ4v) is 4.68. The van der Waals surface area contributed by atoms with Crippen LogP contribution in [0.4, 0.5) is 36.8 Å². The molecule has 4 heterocycles. The van der Waals surface area contributed by atoms with Crippen LogP contribution in [0, 0.1) is 0 Å². The largest absolute Gasteiger partial charge is 0.444 e. The molecule has 0 saturated carbocycles. The molecule has 1 atom stereocenters. The smallest absolute Gasteiger partial charge is 0.426 e. The van der Waals surface area contributed by atoms with Gasteiger partial charge in [-0.2, -0.15) is 31.4 Å². The molecule has 47 heavy (non-hydrogen) atoms. The van der Waals surface area contributed by atoms with Gasteiger partial charge in [0.25, 0.3) is 11.8 Å². The monoisotopic (exact) mass is 666 g/mol. The number of aryl methyl sites for hydroxylation is 1. The lowest BCUT2D eigenvalue weighted by atomic mass is 9.95. The molecule has 0 aromatic carbocycles. The minimum Gasteiger partial charge on any atom is -0.444 e. The third-order valence-corrected chi connectivity index (χ3v) is 6.77. The van der Waals surface area contributed by atoms with Crippen LogP contribution in [-0.4, -0.2) is 49.4 Å². The van der Waals surface area contributed by atoms with Gasteiger partial charge in [0, 0.05) is 18.8 Å². The summed E-state index contributed by atoms with van der Waals surface area (Å²) >= 11 is 0. The number of amides is 1. The maximum atomic E-state index is 15.0. The quantitative estimate of drug-likeness (QED) is 0.161. The molecular formula is C31H32F6N6O4. The zero-order valence-electron chi connectivity index (χ0n) is 25.9. The van der Waals surface area contributed by atoms with Crippen molar-refractivity contribution in [3.05, 3.63) is 78.4 Å². The third-order valence-electron chi connectivity index (χ3n) is 6.77. The van der Waals surface area contributed by atoms with E-state index >= 15 is 13.2 Å². The van der Waals surface area contributed by atoms with Crippen LogP contribution in [0.25, 0.3) is 23.0 Å². The summed E-state index contributed by atoms with van der Waals surface area (Å²) in [6.07, 6.45) is -3.73. The molecule has 252 valence electrons. The molecule has 10 nitrogen and oxygen atoms in total. The number of fused-ring (bicyclic) bond motifs is 7. The Morgan fingerprint density at radius 2 is 1.83 bits per heavy atom. The van der Waals surface area contributed by atoms with Crippen molar-refractivity contribution in [3.63, 3.8) is 0 Å². The van der Waals surface area contributed by atoms with E-state index < -0.39 is 77.1 Å². The van der Waals surface area contributed by atoms with Gasteiger partial charge in [0.15, 0.2) is 5.69 Å². The first-order valence-corrected chi connectivity index (χ1v) is 14.2. The molecule has 3 aromatic rings. The minimum atomic E-state index is -5.12. The van der Waals surface area contributed by atoms with Gasteiger partial charge < -0.3 is 13.9 Å². The van der Waals surface area contributed by atoms with Crippen LogP contribution in [0.2, 0.25) is 0 Å². The zero-order chi connectivity index (χ0) is 34.8. The highest BCUT2D eigenvalue weighted by Crippen LogP contribution is 2.47. The third kappa shape index (κ3) is 7.81. The normalized spacial score (nSPS) is 18.1. The lowest BCUT2D eigenvalue weighted by Gasteiger charge is -2.32. The molecule has 4 rings (SSSR count). The molecule has 1 N–H and O–H groups in total. The van der Waals surface area contributed by atoms with Gasteiger partial charge >= 0.3 is 18.4 Å². The van der Waals surface area contributed by atoms with Gasteiger partial charge in [-0.15, -0.1) is 10.2 Å². The summed E-state index contributed by atoms with van der Waals surface area (Å²) < 4.78 is 106. The van der Waals surface area contributed by atoms with Crippen molar-refractivity contribution in [3.8, 4) is 23.0 Å². The lowest BCUT2D eigenvalue weighted by Crippen LogP contribution is -2.45. The summed E-state index contributed by atoms with van der Waals surface area (Å²) in [6, 6.07) is 0.565. The Kier molecular flexibility index (Phi) is 9.85. The van der Waals surface area contributed by atoms with Gasteiger partial charge in [0.1, 0.15) is 17.0 Å². The molecule has 0 spiro atoms. The fraction of sp³-hybridized carbons (Fsp3) is 0.387. The van der Waals surface area contributed by atoms with E-state index in [2.05, 4.69) is 38.8 Å². The van der Waals surface area contributed by atoms with Crippen molar-refractivity contribution in [2.75, 3.05) is 11.9 Å². The Bertz CT molecular complexity index is 1710. The van der Waals surface area contributed by atoms with E-state index in [0.717, 1.165) is 0 Å². The molecule has 0 radical (unpaired) electrons. The van der Waals surface area contributed by atoms with Gasteiger partial charge in [0.2, 0.25) is 5.60 Å². The molecule has 16 heteroatoms. The second-order valence-corrected chi connectivity index (χ2v) is 11.5. The summed E-state index contributed by atoms with van der Waals surface area (Å²) in [7, 11) is 1.50. The number of halogens is 6. The highest BCUT2D eigenvalue weighted by molar-refractivity contribution is 5.90. The SMILES string of the molecule is C=C/C=C(\C=C)COC1(C(F)(F)F)CC/C=C\Cc2cn(C)nc2-c2nc(c(NC(=O)OC(C)(C)C)cc2C(F)(F)F)-c2nnc1o2. The molecule has 4 bridgehead atoms. The average Bonchev–Trinajstić information content (AvgIpc) is 3.58. The summed E-state index contributed by atoms with van der Waals surface area (Å²) in [5.41, 5.74) is -6.94. The number of pyridine rings is 1. The van der Waals surface area contributed by atoms with Gasteiger partial charge in [-0.25, -0.2) is 9.78 Å². The number of nitrogens with one attached hydrogen (secondary N) is 1. The van der Waals surface area contributed by atoms with E-state index in [1.165, 1.54) is 69.1 Å². The van der Waals surface area contributed by atoms with Crippen LogP contribution in [0.15, 0.2) is 65.8 Å². The molecule has 1 aliphatic rings. The topological polar surface area (TPSA) is 117 Å². The minimum absolute atomic E-state index is 0.0103. The fourth-order valence-electron chi connectivity index (χ4n) is 4.68. The number of rotatable bonds is 6. The molecule has 0 aliphatic carbocycles. The number of aromatic nitrogens is 5. The summed E-state index contributed by atoms with van der Waals surface area (Å²) in [5.74, 6) is -1.76.